The van der Waals surface area contributed by atoms with E-state index in [1.165, 1.54) is 18.4 Å². The molecule has 0 aliphatic heterocycles. The Hall–Kier alpha value is -0.800. The lowest BCUT2D eigenvalue weighted by Crippen LogP contribution is -2.38. The average Bonchev–Trinajstić information content (AvgIpc) is 2.70. The van der Waals surface area contributed by atoms with Crippen molar-refractivity contribution in [3.05, 3.63) is 24.2 Å². The first-order valence-electron chi connectivity index (χ1n) is 5.99. The fourth-order valence-electron chi connectivity index (χ4n) is 2.25. The van der Waals surface area contributed by atoms with Gasteiger partial charge in [0, 0.05) is 18.7 Å². The van der Waals surface area contributed by atoms with E-state index in [4.69, 9.17) is 10.2 Å². The summed E-state index contributed by atoms with van der Waals surface area (Å²) in [5.41, 5.74) is 7.32. The van der Waals surface area contributed by atoms with Crippen LogP contribution in [-0.4, -0.2) is 25.0 Å². The first-order valence-corrected chi connectivity index (χ1v) is 5.99. The minimum Gasteiger partial charge on any atom is -0.472 e. The number of nitrogens with two attached hydrogens (primary N) is 1. The van der Waals surface area contributed by atoms with Crippen LogP contribution in [0.2, 0.25) is 0 Å². The molecule has 1 heterocycles. The summed E-state index contributed by atoms with van der Waals surface area (Å²) in [5, 5.41) is 0. The van der Waals surface area contributed by atoms with Crippen LogP contribution in [0.25, 0.3) is 0 Å². The first kappa shape index (κ1) is 13.3. The zero-order valence-electron chi connectivity index (χ0n) is 10.7. The zero-order valence-corrected chi connectivity index (χ0v) is 10.7. The van der Waals surface area contributed by atoms with Crippen LogP contribution in [0, 0.1) is 5.41 Å². The van der Waals surface area contributed by atoms with E-state index in [0.717, 1.165) is 19.6 Å². The predicted molar refractivity (Wildman–Crippen MR) is 67.1 cm³/mol. The van der Waals surface area contributed by atoms with Gasteiger partial charge in [0.05, 0.1) is 12.5 Å². The van der Waals surface area contributed by atoms with Crippen molar-refractivity contribution < 1.29 is 4.42 Å². The van der Waals surface area contributed by atoms with E-state index in [0.29, 0.717) is 0 Å². The molecule has 0 bridgehead atoms. The van der Waals surface area contributed by atoms with Crippen LogP contribution in [-0.2, 0) is 6.54 Å². The van der Waals surface area contributed by atoms with Gasteiger partial charge in [0.15, 0.2) is 0 Å². The molecule has 1 atom stereocenters. The second-order valence-electron chi connectivity index (χ2n) is 5.07. The molecular weight excluding hydrogens is 200 g/mol. The Bertz CT molecular complexity index is 284. The first-order chi connectivity index (χ1) is 7.59. The molecule has 0 fully saturated rings. The van der Waals surface area contributed by atoms with Crippen LogP contribution in [0.5, 0.6) is 0 Å². The molecule has 1 aromatic rings. The summed E-state index contributed by atoms with van der Waals surface area (Å²) < 4.78 is 5.07. The third-order valence-corrected chi connectivity index (χ3v) is 3.03. The van der Waals surface area contributed by atoms with Gasteiger partial charge in [-0.2, -0.15) is 0 Å². The highest BCUT2D eigenvalue weighted by molar-refractivity contribution is 5.04. The van der Waals surface area contributed by atoms with Crippen LogP contribution >= 0.6 is 0 Å². The summed E-state index contributed by atoms with van der Waals surface area (Å²) in [7, 11) is 2.14. The van der Waals surface area contributed by atoms with Gasteiger partial charge in [-0.15, -0.1) is 0 Å². The third-order valence-electron chi connectivity index (χ3n) is 3.03. The molecule has 0 amide bonds. The molecule has 0 saturated heterocycles. The van der Waals surface area contributed by atoms with Gasteiger partial charge in [-0.05, 0) is 31.5 Å². The van der Waals surface area contributed by atoms with Crippen LogP contribution < -0.4 is 5.73 Å². The summed E-state index contributed by atoms with van der Waals surface area (Å²) in [6.07, 6.45) is 5.89. The van der Waals surface area contributed by atoms with Crippen molar-refractivity contribution in [1.29, 1.82) is 0 Å². The Morgan fingerprint density at radius 1 is 1.50 bits per heavy atom. The molecule has 0 aromatic carbocycles. The van der Waals surface area contributed by atoms with Crippen molar-refractivity contribution in [2.24, 2.45) is 11.1 Å². The van der Waals surface area contributed by atoms with Gasteiger partial charge in [-0.1, -0.05) is 20.3 Å². The second-order valence-corrected chi connectivity index (χ2v) is 5.07. The molecule has 0 radical (unpaired) electrons. The fourth-order valence-corrected chi connectivity index (χ4v) is 2.25. The third kappa shape index (κ3) is 3.99. The molecule has 1 unspecified atom stereocenters. The maximum atomic E-state index is 5.87. The number of furan rings is 1. The molecular formula is C13H24N2O. The maximum Gasteiger partial charge on any atom is 0.0947 e. The van der Waals surface area contributed by atoms with Gasteiger partial charge in [0.1, 0.15) is 0 Å². The molecule has 16 heavy (non-hydrogen) atoms. The Morgan fingerprint density at radius 3 is 2.75 bits per heavy atom. The van der Waals surface area contributed by atoms with Crippen molar-refractivity contribution in [1.82, 2.24) is 4.90 Å². The van der Waals surface area contributed by atoms with Crippen LogP contribution in [0.3, 0.4) is 0 Å². The fraction of sp³-hybridized carbons (Fsp3) is 0.692. The van der Waals surface area contributed by atoms with Gasteiger partial charge in [0.25, 0.3) is 0 Å². The van der Waals surface area contributed by atoms with Crippen molar-refractivity contribution >= 4 is 0 Å². The van der Waals surface area contributed by atoms with Crippen molar-refractivity contribution in [2.75, 3.05) is 20.1 Å². The van der Waals surface area contributed by atoms with Crippen molar-refractivity contribution in [3.8, 4) is 0 Å². The lowest BCUT2D eigenvalue weighted by molar-refractivity contribution is 0.179. The Morgan fingerprint density at radius 2 is 2.25 bits per heavy atom. The van der Waals surface area contributed by atoms with Crippen LogP contribution in [0.4, 0.5) is 0 Å². The van der Waals surface area contributed by atoms with E-state index in [9.17, 15) is 0 Å². The summed E-state index contributed by atoms with van der Waals surface area (Å²) in [6.45, 7) is 7.18. The van der Waals surface area contributed by atoms with Gasteiger partial charge in [-0.25, -0.2) is 0 Å². The maximum absolute atomic E-state index is 5.87. The van der Waals surface area contributed by atoms with E-state index >= 15 is 0 Å². The molecule has 0 saturated carbocycles. The number of nitrogens with zero attached hydrogens (tertiary/aromatic N) is 1. The van der Waals surface area contributed by atoms with E-state index in [2.05, 4.69) is 25.8 Å². The molecule has 0 aliphatic carbocycles. The molecule has 2 N–H and O–H groups in total. The zero-order chi connectivity index (χ0) is 12.0. The Labute approximate surface area is 98.6 Å². The summed E-state index contributed by atoms with van der Waals surface area (Å²) in [5.74, 6) is 0. The quantitative estimate of drug-likeness (QED) is 0.773. The van der Waals surface area contributed by atoms with Crippen LogP contribution in [0.1, 0.15) is 32.3 Å². The van der Waals surface area contributed by atoms with Crippen molar-refractivity contribution in [3.63, 3.8) is 0 Å². The van der Waals surface area contributed by atoms with Gasteiger partial charge in [0.2, 0.25) is 0 Å². The second kappa shape index (κ2) is 6.06. The Kier molecular flexibility index (Phi) is 5.03. The summed E-state index contributed by atoms with van der Waals surface area (Å²) in [4.78, 5) is 2.31. The highest BCUT2D eigenvalue weighted by Gasteiger charge is 2.23. The smallest absolute Gasteiger partial charge is 0.0947 e. The summed E-state index contributed by atoms with van der Waals surface area (Å²) >= 11 is 0. The number of rotatable bonds is 7. The normalized spacial score (nSPS) is 15.3. The number of hydrogen-bond donors (Lipinski definition) is 1. The minimum atomic E-state index is 0.229. The largest absolute Gasteiger partial charge is 0.472 e. The monoisotopic (exact) mass is 224 g/mol. The van der Waals surface area contributed by atoms with E-state index < -0.39 is 0 Å². The summed E-state index contributed by atoms with van der Waals surface area (Å²) in [6, 6.07) is 2.01. The molecule has 1 rings (SSSR count). The molecule has 92 valence electrons. The highest BCUT2D eigenvalue weighted by atomic mass is 16.3. The lowest BCUT2D eigenvalue weighted by atomic mass is 9.85. The van der Waals surface area contributed by atoms with Crippen LogP contribution in [0.15, 0.2) is 23.0 Å². The predicted octanol–water partition coefficient (Wildman–Crippen LogP) is 2.48. The van der Waals surface area contributed by atoms with E-state index in [1.54, 1.807) is 12.5 Å². The van der Waals surface area contributed by atoms with E-state index in [-0.39, 0.29) is 5.41 Å². The van der Waals surface area contributed by atoms with Gasteiger partial charge < -0.3 is 15.1 Å². The lowest BCUT2D eigenvalue weighted by Gasteiger charge is -2.32. The average molecular weight is 224 g/mol. The topological polar surface area (TPSA) is 42.4 Å². The Balaban J connectivity index is 2.45. The molecule has 1 aromatic heterocycles. The SMILES string of the molecule is CCCC(C)(CN)CN(C)Cc1ccoc1. The van der Waals surface area contributed by atoms with Crippen molar-refractivity contribution in [2.45, 2.75) is 33.2 Å². The number of hydrogen-bond acceptors (Lipinski definition) is 3. The molecule has 3 nitrogen and oxygen atoms in total. The standard InChI is InChI=1S/C13H24N2O/c1-4-6-13(2,10-14)11-15(3)8-12-5-7-16-9-12/h5,7,9H,4,6,8,10-11,14H2,1-3H3. The van der Waals surface area contributed by atoms with Gasteiger partial charge >= 0.3 is 0 Å². The molecule has 3 heteroatoms. The van der Waals surface area contributed by atoms with Gasteiger partial charge in [-0.3, -0.25) is 0 Å². The highest BCUT2D eigenvalue weighted by Crippen LogP contribution is 2.23. The molecule has 0 aliphatic rings. The molecule has 0 spiro atoms. The van der Waals surface area contributed by atoms with E-state index in [1.807, 2.05) is 6.07 Å². The minimum absolute atomic E-state index is 0.229.